The van der Waals surface area contributed by atoms with E-state index in [0.717, 1.165) is 6.42 Å². The summed E-state index contributed by atoms with van der Waals surface area (Å²) in [7, 11) is 1.31. The Kier molecular flexibility index (Phi) is 8.38. The zero-order chi connectivity index (χ0) is 24.0. The van der Waals surface area contributed by atoms with E-state index < -0.39 is 23.6 Å². The first kappa shape index (κ1) is 24.6. The van der Waals surface area contributed by atoms with Gasteiger partial charge in [0, 0.05) is 44.8 Å². The highest BCUT2D eigenvalue weighted by Crippen LogP contribution is 2.29. The Hall–Kier alpha value is -3.00. The van der Waals surface area contributed by atoms with Gasteiger partial charge in [-0.2, -0.15) is 0 Å². The molecule has 0 aromatic heterocycles. The van der Waals surface area contributed by atoms with Gasteiger partial charge in [-0.25, -0.2) is 13.6 Å². The molecule has 6 nitrogen and oxygen atoms in total. The van der Waals surface area contributed by atoms with Crippen LogP contribution in [0.4, 0.5) is 20.2 Å². The van der Waals surface area contributed by atoms with Gasteiger partial charge in [0.1, 0.15) is 17.7 Å². The first-order chi connectivity index (χ1) is 15.9. The number of rotatable bonds is 8. The van der Waals surface area contributed by atoms with E-state index in [1.807, 2.05) is 23.6 Å². The first-order valence-corrected chi connectivity index (χ1v) is 11.3. The summed E-state index contributed by atoms with van der Waals surface area (Å²) in [5, 5.41) is 0. The van der Waals surface area contributed by atoms with Gasteiger partial charge in [0.2, 0.25) is 5.91 Å². The van der Waals surface area contributed by atoms with E-state index in [9.17, 15) is 14.0 Å². The van der Waals surface area contributed by atoms with Crippen LogP contribution in [0.2, 0.25) is 0 Å². The van der Waals surface area contributed by atoms with Gasteiger partial charge in [0.15, 0.2) is 0 Å². The Morgan fingerprint density at radius 2 is 1.79 bits per heavy atom. The number of ether oxygens (including phenoxy) is 1. The molecule has 0 radical (unpaired) electrons. The van der Waals surface area contributed by atoms with Crippen molar-refractivity contribution in [1.29, 1.82) is 0 Å². The molecule has 1 aliphatic heterocycles. The van der Waals surface area contributed by atoms with Crippen LogP contribution in [0.15, 0.2) is 42.5 Å². The molecule has 0 bridgehead atoms. The van der Waals surface area contributed by atoms with Gasteiger partial charge in [-0.3, -0.25) is 9.69 Å². The molecule has 0 aliphatic carbocycles. The van der Waals surface area contributed by atoms with Gasteiger partial charge in [-0.15, -0.1) is 0 Å². The van der Waals surface area contributed by atoms with Crippen LogP contribution in [0, 0.1) is 11.6 Å². The highest BCUT2D eigenvalue weighted by atomic mass is 19.1. The van der Waals surface area contributed by atoms with Gasteiger partial charge >= 0.3 is 5.97 Å². The number of amides is 1. The number of anilines is 2. The minimum absolute atomic E-state index is 0.0213. The minimum atomic E-state index is -0.720. The van der Waals surface area contributed by atoms with Crippen molar-refractivity contribution in [2.75, 3.05) is 49.6 Å². The molecule has 1 atom stereocenters. The second-order valence-electron chi connectivity index (χ2n) is 8.03. The Balaban J connectivity index is 1.73. The minimum Gasteiger partial charge on any atom is -0.468 e. The van der Waals surface area contributed by atoms with Gasteiger partial charge in [0.05, 0.1) is 12.8 Å². The molecule has 1 aliphatic rings. The molecule has 2 aromatic carbocycles. The van der Waals surface area contributed by atoms with Crippen molar-refractivity contribution in [3.8, 4) is 0 Å². The molecule has 0 spiro atoms. The van der Waals surface area contributed by atoms with E-state index in [-0.39, 0.29) is 5.91 Å². The average Bonchev–Trinajstić information content (AvgIpc) is 2.80. The predicted octanol–water partition coefficient (Wildman–Crippen LogP) is 4.15. The zero-order valence-corrected chi connectivity index (χ0v) is 19.4. The van der Waals surface area contributed by atoms with E-state index in [4.69, 9.17) is 4.74 Å². The highest BCUT2D eigenvalue weighted by Gasteiger charge is 2.32. The Morgan fingerprint density at radius 1 is 1.06 bits per heavy atom. The molecule has 178 valence electrons. The van der Waals surface area contributed by atoms with Crippen LogP contribution in [0.1, 0.15) is 38.3 Å². The van der Waals surface area contributed by atoms with Crippen molar-refractivity contribution in [2.45, 2.75) is 32.7 Å². The van der Waals surface area contributed by atoms with Crippen molar-refractivity contribution >= 4 is 23.3 Å². The molecule has 33 heavy (non-hydrogen) atoms. The summed E-state index contributed by atoms with van der Waals surface area (Å²) < 4.78 is 33.7. The molecule has 1 amide bonds. The maximum absolute atomic E-state index is 15.0. The Morgan fingerprint density at radius 3 is 2.36 bits per heavy atom. The quantitative estimate of drug-likeness (QED) is 0.555. The second kappa shape index (κ2) is 11.2. The number of benzene rings is 2. The van der Waals surface area contributed by atoms with Crippen LogP contribution < -0.4 is 9.80 Å². The summed E-state index contributed by atoms with van der Waals surface area (Å²) in [5.74, 6) is -1.29. The average molecular weight is 460 g/mol. The van der Waals surface area contributed by atoms with Crippen LogP contribution in [0.5, 0.6) is 0 Å². The lowest BCUT2D eigenvalue weighted by atomic mass is 10.0. The molecule has 1 fully saturated rings. The summed E-state index contributed by atoms with van der Waals surface area (Å²) in [6.45, 7) is 6.23. The van der Waals surface area contributed by atoms with Crippen LogP contribution >= 0.6 is 0 Å². The number of carbonyl (C=O) groups excluding carboxylic acids is 2. The molecule has 1 saturated heterocycles. The Bertz CT molecular complexity index is 977. The lowest BCUT2D eigenvalue weighted by molar-refractivity contribution is -0.147. The van der Waals surface area contributed by atoms with E-state index in [2.05, 4.69) is 0 Å². The van der Waals surface area contributed by atoms with Crippen molar-refractivity contribution in [3.63, 3.8) is 0 Å². The largest absolute Gasteiger partial charge is 0.468 e. The van der Waals surface area contributed by atoms with Gasteiger partial charge in [-0.1, -0.05) is 19.1 Å². The Labute approximate surface area is 193 Å². The number of carbonyl (C=O) groups is 2. The van der Waals surface area contributed by atoms with Gasteiger partial charge in [0.25, 0.3) is 0 Å². The van der Waals surface area contributed by atoms with E-state index in [0.29, 0.717) is 56.1 Å². The summed E-state index contributed by atoms with van der Waals surface area (Å²) in [4.78, 5) is 30.2. The van der Waals surface area contributed by atoms with Crippen LogP contribution in [0.3, 0.4) is 0 Å². The fourth-order valence-corrected chi connectivity index (χ4v) is 4.28. The van der Waals surface area contributed by atoms with Crippen molar-refractivity contribution in [2.24, 2.45) is 0 Å². The van der Waals surface area contributed by atoms with E-state index >= 15 is 4.39 Å². The summed E-state index contributed by atoms with van der Waals surface area (Å²) in [6.07, 6.45) is 1.16. The molecule has 0 saturated carbocycles. The summed E-state index contributed by atoms with van der Waals surface area (Å²) in [6, 6.07) is 10.1. The monoisotopic (exact) mass is 459 g/mol. The zero-order valence-electron chi connectivity index (χ0n) is 19.4. The number of methoxy groups -OCH3 is 1. The molecule has 8 heteroatoms. The predicted molar refractivity (Wildman–Crippen MR) is 124 cm³/mol. The lowest BCUT2D eigenvalue weighted by Gasteiger charge is -2.39. The smallest absolute Gasteiger partial charge is 0.327 e. The molecular formula is C25H31F2N3O3. The number of halogens is 2. The molecule has 3 rings (SSSR count). The molecular weight excluding hydrogens is 428 g/mol. The second-order valence-corrected chi connectivity index (χ2v) is 8.03. The van der Waals surface area contributed by atoms with Crippen molar-refractivity contribution in [3.05, 3.63) is 59.7 Å². The molecule has 1 heterocycles. The van der Waals surface area contributed by atoms with E-state index in [1.54, 1.807) is 29.2 Å². The third-order valence-corrected chi connectivity index (χ3v) is 5.93. The van der Waals surface area contributed by atoms with Crippen molar-refractivity contribution < 1.29 is 23.1 Å². The number of piperazine rings is 1. The maximum atomic E-state index is 15.0. The number of esters is 1. The topological polar surface area (TPSA) is 53.1 Å². The standard InChI is InChI=1S/C25H31F2N3O3/c1-4-7-23(31)30(5-2)20-10-11-22(21(27)17-20)28-12-14-29(15-13-28)24(25(32)33-3)18-8-6-9-19(26)16-18/h6,8-11,16-17,24H,4-5,7,12-15H2,1-3H3. The van der Waals surface area contributed by atoms with E-state index in [1.165, 1.54) is 25.3 Å². The lowest BCUT2D eigenvalue weighted by Crippen LogP contribution is -2.49. The van der Waals surface area contributed by atoms with Gasteiger partial charge < -0.3 is 14.5 Å². The molecule has 2 aromatic rings. The van der Waals surface area contributed by atoms with Crippen LogP contribution in [-0.2, 0) is 14.3 Å². The fraction of sp³-hybridized carbons (Fsp3) is 0.440. The van der Waals surface area contributed by atoms with Crippen LogP contribution in [-0.4, -0.2) is 56.6 Å². The molecule has 1 unspecified atom stereocenters. The third kappa shape index (κ3) is 5.68. The van der Waals surface area contributed by atoms with Gasteiger partial charge in [-0.05, 0) is 49.2 Å². The molecule has 0 N–H and O–H groups in total. The number of hydrogen-bond donors (Lipinski definition) is 0. The highest BCUT2D eigenvalue weighted by molar-refractivity contribution is 5.93. The normalized spacial score (nSPS) is 15.2. The van der Waals surface area contributed by atoms with Crippen molar-refractivity contribution in [1.82, 2.24) is 4.90 Å². The fourth-order valence-electron chi connectivity index (χ4n) is 4.28. The third-order valence-electron chi connectivity index (χ3n) is 5.93. The maximum Gasteiger partial charge on any atom is 0.327 e. The van der Waals surface area contributed by atoms with Crippen LogP contribution in [0.25, 0.3) is 0 Å². The number of nitrogens with zero attached hydrogens (tertiary/aromatic N) is 3. The summed E-state index contributed by atoms with van der Waals surface area (Å²) >= 11 is 0. The first-order valence-electron chi connectivity index (χ1n) is 11.3. The number of hydrogen-bond acceptors (Lipinski definition) is 5. The summed E-state index contributed by atoms with van der Waals surface area (Å²) in [5.41, 5.74) is 1.53. The SMILES string of the molecule is CCCC(=O)N(CC)c1ccc(N2CCN(C(C(=O)OC)c3cccc(F)c3)CC2)c(F)c1.